The molecule has 25 heavy (non-hydrogen) atoms. The van der Waals surface area contributed by atoms with Gasteiger partial charge in [0.25, 0.3) is 0 Å². The second-order valence-corrected chi connectivity index (χ2v) is 6.50. The van der Waals surface area contributed by atoms with E-state index in [4.69, 9.17) is 0 Å². The van der Waals surface area contributed by atoms with Crippen molar-refractivity contribution >= 4 is 16.9 Å². The number of hydrogen-bond donors (Lipinski definition) is 3. The highest BCUT2D eigenvalue weighted by atomic mass is 15.2. The molecule has 4 heteroatoms. The van der Waals surface area contributed by atoms with Crippen LogP contribution >= 0.6 is 0 Å². The first-order valence-corrected chi connectivity index (χ1v) is 8.73. The van der Waals surface area contributed by atoms with Crippen molar-refractivity contribution < 1.29 is 0 Å². The number of nitrogens with one attached hydrogen (secondary N) is 3. The molecule has 0 aliphatic carbocycles. The SMILES string of the molecule is CN=C(NCc1cc2ccccc2[nH]1)NCC(C)c1cccc(C)c1. The van der Waals surface area contributed by atoms with E-state index in [9.17, 15) is 0 Å². The molecule has 1 heterocycles. The predicted octanol–water partition coefficient (Wildman–Crippen LogP) is 3.95. The minimum Gasteiger partial charge on any atom is -0.357 e. The van der Waals surface area contributed by atoms with Crippen LogP contribution in [-0.2, 0) is 6.54 Å². The lowest BCUT2D eigenvalue weighted by molar-refractivity contribution is 0.697. The molecule has 1 aromatic heterocycles. The van der Waals surface area contributed by atoms with E-state index >= 15 is 0 Å². The van der Waals surface area contributed by atoms with Crippen LogP contribution in [0.3, 0.4) is 0 Å². The maximum absolute atomic E-state index is 4.32. The van der Waals surface area contributed by atoms with Crippen LogP contribution in [0.2, 0.25) is 0 Å². The second kappa shape index (κ2) is 7.88. The van der Waals surface area contributed by atoms with E-state index in [0.29, 0.717) is 12.5 Å². The van der Waals surface area contributed by atoms with Crippen LogP contribution in [0.4, 0.5) is 0 Å². The van der Waals surface area contributed by atoms with Crippen molar-refractivity contribution in [3.8, 4) is 0 Å². The smallest absolute Gasteiger partial charge is 0.191 e. The maximum atomic E-state index is 4.32. The number of aliphatic imine (C=N–C) groups is 1. The minimum atomic E-state index is 0.423. The van der Waals surface area contributed by atoms with Crippen LogP contribution in [-0.4, -0.2) is 24.5 Å². The average Bonchev–Trinajstić information content (AvgIpc) is 3.04. The summed E-state index contributed by atoms with van der Waals surface area (Å²) < 4.78 is 0. The third kappa shape index (κ3) is 4.41. The third-order valence-electron chi connectivity index (χ3n) is 4.44. The van der Waals surface area contributed by atoms with Gasteiger partial charge in [0.2, 0.25) is 0 Å². The lowest BCUT2D eigenvalue weighted by atomic mass is 9.99. The lowest BCUT2D eigenvalue weighted by Crippen LogP contribution is -2.38. The predicted molar refractivity (Wildman–Crippen MR) is 106 cm³/mol. The summed E-state index contributed by atoms with van der Waals surface area (Å²) in [5, 5.41) is 8.02. The molecule has 3 aromatic rings. The Balaban J connectivity index is 1.54. The van der Waals surface area contributed by atoms with Crippen molar-refractivity contribution in [3.05, 3.63) is 71.4 Å². The number of aryl methyl sites for hydroxylation is 1. The maximum Gasteiger partial charge on any atom is 0.191 e. The zero-order valence-electron chi connectivity index (χ0n) is 15.1. The molecule has 130 valence electrons. The van der Waals surface area contributed by atoms with Gasteiger partial charge in [0.1, 0.15) is 0 Å². The summed E-state index contributed by atoms with van der Waals surface area (Å²) in [6.45, 7) is 5.92. The zero-order valence-corrected chi connectivity index (χ0v) is 15.1. The molecule has 0 aliphatic rings. The van der Waals surface area contributed by atoms with Gasteiger partial charge in [0.05, 0.1) is 6.54 Å². The summed E-state index contributed by atoms with van der Waals surface area (Å²) in [6.07, 6.45) is 0. The molecule has 0 aliphatic heterocycles. The fraction of sp³-hybridized carbons (Fsp3) is 0.286. The Morgan fingerprint density at radius 3 is 2.68 bits per heavy atom. The van der Waals surface area contributed by atoms with Gasteiger partial charge < -0.3 is 15.6 Å². The zero-order chi connectivity index (χ0) is 17.6. The van der Waals surface area contributed by atoms with Crippen molar-refractivity contribution in [2.24, 2.45) is 4.99 Å². The number of nitrogens with zero attached hydrogens (tertiary/aromatic N) is 1. The summed E-state index contributed by atoms with van der Waals surface area (Å²) in [5.74, 6) is 1.24. The van der Waals surface area contributed by atoms with Gasteiger partial charge in [0.15, 0.2) is 5.96 Å². The molecule has 0 spiro atoms. The monoisotopic (exact) mass is 334 g/mol. The van der Waals surface area contributed by atoms with Crippen molar-refractivity contribution in [1.29, 1.82) is 0 Å². The van der Waals surface area contributed by atoms with Gasteiger partial charge in [-0.2, -0.15) is 0 Å². The number of fused-ring (bicyclic) bond motifs is 1. The molecule has 0 saturated heterocycles. The van der Waals surface area contributed by atoms with Crippen molar-refractivity contribution in [2.45, 2.75) is 26.3 Å². The normalized spacial score (nSPS) is 13.0. The van der Waals surface area contributed by atoms with Crippen LogP contribution < -0.4 is 10.6 Å². The van der Waals surface area contributed by atoms with Crippen molar-refractivity contribution in [3.63, 3.8) is 0 Å². The highest BCUT2D eigenvalue weighted by molar-refractivity contribution is 5.81. The summed E-state index contributed by atoms with van der Waals surface area (Å²) in [7, 11) is 1.80. The summed E-state index contributed by atoms with van der Waals surface area (Å²) in [4.78, 5) is 7.75. The Morgan fingerprint density at radius 1 is 1.08 bits per heavy atom. The molecule has 0 radical (unpaired) electrons. The standard InChI is InChI=1S/C21H26N4/c1-15-7-6-9-17(11-15)16(2)13-23-21(22-3)24-14-19-12-18-8-4-5-10-20(18)25-19/h4-12,16,25H,13-14H2,1-3H3,(H2,22,23,24). The van der Waals surface area contributed by atoms with Gasteiger partial charge in [-0.05, 0) is 35.9 Å². The fourth-order valence-corrected chi connectivity index (χ4v) is 2.97. The number of rotatable bonds is 5. The molecule has 3 rings (SSSR count). The fourth-order valence-electron chi connectivity index (χ4n) is 2.97. The molecule has 1 atom stereocenters. The number of para-hydroxylation sites is 1. The Bertz CT molecular complexity index is 830. The number of aromatic amines is 1. The first-order valence-electron chi connectivity index (χ1n) is 8.73. The van der Waals surface area contributed by atoms with Crippen LogP contribution in [0, 0.1) is 6.92 Å². The molecule has 0 saturated carbocycles. The molecule has 0 bridgehead atoms. The Hall–Kier alpha value is -2.75. The number of aromatic nitrogens is 1. The van der Waals surface area contributed by atoms with E-state index in [-0.39, 0.29) is 0 Å². The summed E-state index contributed by atoms with van der Waals surface area (Å²) >= 11 is 0. The first-order chi connectivity index (χ1) is 12.2. The van der Waals surface area contributed by atoms with Crippen molar-refractivity contribution in [2.75, 3.05) is 13.6 Å². The van der Waals surface area contributed by atoms with Gasteiger partial charge in [0, 0.05) is 24.8 Å². The van der Waals surface area contributed by atoms with Gasteiger partial charge in [-0.15, -0.1) is 0 Å². The molecule has 2 aromatic carbocycles. The highest BCUT2D eigenvalue weighted by Gasteiger charge is 2.07. The van der Waals surface area contributed by atoms with Crippen molar-refractivity contribution in [1.82, 2.24) is 15.6 Å². The summed E-state index contributed by atoms with van der Waals surface area (Å²) in [5.41, 5.74) is 4.95. The van der Waals surface area contributed by atoms with Gasteiger partial charge >= 0.3 is 0 Å². The highest BCUT2D eigenvalue weighted by Crippen LogP contribution is 2.16. The third-order valence-corrected chi connectivity index (χ3v) is 4.44. The molecular weight excluding hydrogens is 308 g/mol. The quantitative estimate of drug-likeness (QED) is 0.489. The van der Waals surface area contributed by atoms with E-state index < -0.39 is 0 Å². The van der Waals surface area contributed by atoms with E-state index in [1.807, 2.05) is 6.07 Å². The number of guanidine groups is 1. The van der Waals surface area contributed by atoms with E-state index in [2.05, 4.69) is 83.0 Å². The van der Waals surface area contributed by atoms with Crippen LogP contribution in [0.5, 0.6) is 0 Å². The van der Waals surface area contributed by atoms with E-state index in [0.717, 1.165) is 23.7 Å². The first kappa shape index (κ1) is 17.1. The minimum absolute atomic E-state index is 0.423. The molecule has 1 unspecified atom stereocenters. The largest absolute Gasteiger partial charge is 0.357 e. The molecule has 4 nitrogen and oxygen atoms in total. The van der Waals surface area contributed by atoms with E-state index in [1.54, 1.807) is 7.05 Å². The van der Waals surface area contributed by atoms with Gasteiger partial charge in [-0.3, -0.25) is 4.99 Å². The molecular formula is C21H26N4. The Labute approximate surface area is 149 Å². The number of hydrogen-bond acceptors (Lipinski definition) is 1. The van der Waals surface area contributed by atoms with Gasteiger partial charge in [-0.25, -0.2) is 0 Å². The molecule has 3 N–H and O–H groups in total. The van der Waals surface area contributed by atoms with E-state index in [1.165, 1.54) is 16.5 Å². The Kier molecular flexibility index (Phi) is 5.39. The van der Waals surface area contributed by atoms with Crippen LogP contribution in [0.25, 0.3) is 10.9 Å². The Morgan fingerprint density at radius 2 is 1.92 bits per heavy atom. The van der Waals surface area contributed by atoms with Gasteiger partial charge in [-0.1, -0.05) is 55.0 Å². The average molecular weight is 334 g/mol. The summed E-state index contributed by atoms with van der Waals surface area (Å²) in [6, 6.07) is 19.2. The topological polar surface area (TPSA) is 52.2 Å². The molecule has 0 amide bonds. The second-order valence-electron chi connectivity index (χ2n) is 6.50. The lowest BCUT2D eigenvalue weighted by Gasteiger charge is -2.16. The van der Waals surface area contributed by atoms with Crippen LogP contribution in [0.15, 0.2) is 59.6 Å². The van der Waals surface area contributed by atoms with Crippen LogP contribution in [0.1, 0.15) is 29.7 Å². The number of H-pyrrole nitrogens is 1. The number of benzene rings is 2. The molecule has 0 fully saturated rings.